The highest BCUT2D eigenvalue weighted by molar-refractivity contribution is 7.99. The van der Waals surface area contributed by atoms with Gasteiger partial charge in [0.25, 0.3) is 0 Å². The summed E-state index contributed by atoms with van der Waals surface area (Å²) in [5.41, 5.74) is 5.21. The van der Waals surface area contributed by atoms with E-state index in [1.165, 1.54) is 6.07 Å². The molecule has 0 aliphatic rings. The molecule has 0 saturated carbocycles. The Bertz CT molecular complexity index is 656. The van der Waals surface area contributed by atoms with Crippen molar-refractivity contribution >= 4 is 23.4 Å². The van der Waals surface area contributed by atoms with Crippen LogP contribution < -0.4 is 5.73 Å². The van der Waals surface area contributed by atoms with Crippen LogP contribution in [-0.4, -0.2) is 25.8 Å². The summed E-state index contributed by atoms with van der Waals surface area (Å²) >= 11 is 0.997. The number of aromatic carboxylic acids is 1. The molecule has 19 heavy (non-hydrogen) atoms. The number of benzene rings is 1. The highest BCUT2D eigenvalue weighted by atomic mass is 32.2. The van der Waals surface area contributed by atoms with Crippen molar-refractivity contribution in [2.24, 2.45) is 7.05 Å². The van der Waals surface area contributed by atoms with Gasteiger partial charge in [-0.15, -0.1) is 10.2 Å². The fraction of sp³-hybridized carbons (Fsp3) is 0.182. The number of carboxylic acids is 1. The van der Waals surface area contributed by atoms with Crippen molar-refractivity contribution in [3.05, 3.63) is 29.3 Å². The van der Waals surface area contributed by atoms with Gasteiger partial charge in [0.2, 0.25) is 0 Å². The van der Waals surface area contributed by atoms with E-state index in [2.05, 4.69) is 10.2 Å². The van der Waals surface area contributed by atoms with Gasteiger partial charge < -0.3 is 15.4 Å². The van der Waals surface area contributed by atoms with Gasteiger partial charge in [-0.25, -0.2) is 9.18 Å². The molecule has 0 fully saturated rings. The predicted octanol–water partition coefficient (Wildman–Crippen LogP) is 1.69. The third-order valence-electron chi connectivity index (χ3n) is 2.59. The second-order valence-electron chi connectivity index (χ2n) is 3.87. The molecule has 0 aliphatic heterocycles. The summed E-state index contributed by atoms with van der Waals surface area (Å²) < 4.78 is 15.4. The Morgan fingerprint density at radius 1 is 1.47 bits per heavy atom. The first-order valence-electron chi connectivity index (χ1n) is 5.26. The van der Waals surface area contributed by atoms with Crippen LogP contribution in [0.1, 0.15) is 16.2 Å². The minimum absolute atomic E-state index is 0.108. The Balaban J connectivity index is 2.43. The molecule has 0 saturated heterocycles. The molecule has 1 aromatic carbocycles. The number of aryl methyl sites for hydroxylation is 1. The van der Waals surface area contributed by atoms with Gasteiger partial charge in [-0.1, -0.05) is 0 Å². The van der Waals surface area contributed by atoms with E-state index < -0.39 is 11.8 Å². The zero-order valence-electron chi connectivity index (χ0n) is 10.2. The Morgan fingerprint density at radius 2 is 2.16 bits per heavy atom. The lowest BCUT2D eigenvalue weighted by Crippen LogP contribution is -2.04. The maximum atomic E-state index is 13.8. The number of nitrogens with zero attached hydrogens (tertiary/aromatic N) is 3. The summed E-state index contributed by atoms with van der Waals surface area (Å²) in [5.74, 6) is -1.11. The van der Waals surface area contributed by atoms with E-state index in [0.717, 1.165) is 17.8 Å². The first kappa shape index (κ1) is 13.3. The lowest BCUT2D eigenvalue weighted by atomic mass is 10.2. The number of halogens is 1. The monoisotopic (exact) mass is 282 g/mol. The molecule has 0 spiro atoms. The van der Waals surface area contributed by atoms with Crippen LogP contribution >= 0.6 is 11.8 Å². The molecule has 2 rings (SSSR count). The SMILES string of the molecule is Cc1nnc(Sc2cc(C(=O)O)c(N)cc2F)n1C. The molecule has 3 N–H and O–H groups in total. The summed E-state index contributed by atoms with van der Waals surface area (Å²) in [6.45, 7) is 1.76. The normalized spacial score (nSPS) is 10.7. The standard InChI is InChI=1S/C11H11FN4O2S/c1-5-14-15-11(16(5)2)19-9-3-6(10(17)18)8(13)4-7(9)12/h3-4H,13H2,1-2H3,(H,17,18). The molecule has 0 atom stereocenters. The van der Waals surface area contributed by atoms with Gasteiger partial charge in [-0.3, -0.25) is 0 Å². The fourth-order valence-electron chi connectivity index (χ4n) is 1.41. The first-order valence-corrected chi connectivity index (χ1v) is 6.08. The van der Waals surface area contributed by atoms with Crippen molar-refractivity contribution < 1.29 is 14.3 Å². The van der Waals surface area contributed by atoms with E-state index in [4.69, 9.17) is 10.8 Å². The van der Waals surface area contributed by atoms with E-state index >= 15 is 0 Å². The topological polar surface area (TPSA) is 94.0 Å². The minimum Gasteiger partial charge on any atom is -0.478 e. The minimum atomic E-state index is -1.20. The molecule has 2 aromatic rings. The molecule has 1 aromatic heterocycles. The highest BCUT2D eigenvalue weighted by Gasteiger charge is 2.16. The second kappa shape index (κ2) is 4.88. The number of carbonyl (C=O) groups is 1. The summed E-state index contributed by atoms with van der Waals surface area (Å²) in [6.07, 6.45) is 0. The van der Waals surface area contributed by atoms with E-state index in [1.54, 1.807) is 18.5 Å². The fourth-order valence-corrected chi connectivity index (χ4v) is 2.29. The number of anilines is 1. The van der Waals surface area contributed by atoms with Crippen LogP contribution in [0.15, 0.2) is 22.2 Å². The zero-order chi connectivity index (χ0) is 14.2. The second-order valence-corrected chi connectivity index (χ2v) is 4.87. The van der Waals surface area contributed by atoms with Crippen LogP contribution in [0.25, 0.3) is 0 Å². The average molecular weight is 282 g/mol. The molecule has 8 heteroatoms. The zero-order valence-corrected chi connectivity index (χ0v) is 11.0. The Morgan fingerprint density at radius 3 is 2.68 bits per heavy atom. The van der Waals surface area contributed by atoms with Crippen LogP contribution in [0.3, 0.4) is 0 Å². The first-order chi connectivity index (χ1) is 8.90. The Hall–Kier alpha value is -2.09. The summed E-state index contributed by atoms with van der Waals surface area (Å²) in [6, 6.07) is 2.19. The van der Waals surface area contributed by atoms with Crippen molar-refractivity contribution in [2.75, 3.05) is 5.73 Å². The van der Waals surface area contributed by atoms with E-state index in [-0.39, 0.29) is 16.1 Å². The van der Waals surface area contributed by atoms with Crippen molar-refractivity contribution in [2.45, 2.75) is 17.0 Å². The summed E-state index contributed by atoms with van der Waals surface area (Å²) in [5, 5.41) is 17.2. The molecular formula is C11H11FN4O2S. The number of rotatable bonds is 3. The van der Waals surface area contributed by atoms with Crippen molar-refractivity contribution in [3.8, 4) is 0 Å². The van der Waals surface area contributed by atoms with Crippen molar-refractivity contribution in [3.63, 3.8) is 0 Å². The summed E-state index contributed by atoms with van der Waals surface area (Å²) in [4.78, 5) is 11.1. The molecule has 100 valence electrons. The Kier molecular flexibility index (Phi) is 3.43. The smallest absolute Gasteiger partial charge is 0.337 e. The van der Waals surface area contributed by atoms with Gasteiger partial charge in [0.1, 0.15) is 11.6 Å². The van der Waals surface area contributed by atoms with Crippen LogP contribution in [0, 0.1) is 12.7 Å². The number of hydrogen-bond acceptors (Lipinski definition) is 5. The quantitative estimate of drug-likeness (QED) is 0.832. The van der Waals surface area contributed by atoms with Gasteiger partial charge in [0.05, 0.1) is 10.5 Å². The average Bonchev–Trinajstić information content (AvgIpc) is 2.64. The molecule has 1 heterocycles. The van der Waals surface area contributed by atoms with Crippen molar-refractivity contribution in [1.82, 2.24) is 14.8 Å². The molecule has 0 unspecified atom stereocenters. The van der Waals surface area contributed by atoms with Gasteiger partial charge in [-0.05, 0) is 30.8 Å². The third-order valence-corrected chi connectivity index (χ3v) is 3.66. The number of hydrogen-bond donors (Lipinski definition) is 2. The highest BCUT2D eigenvalue weighted by Crippen LogP contribution is 2.31. The molecule has 0 amide bonds. The maximum absolute atomic E-state index is 13.8. The van der Waals surface area contributed by atoms with Crippen LogP contribution in [0.5, 0.6) is 0 Å². The van der Waals surface area contributed by atoms with Gasteiger partial charge in [0.15, 0.2) is 5.16 Å². The van der Waals surface area contributed by atoms with Crippen LogP contribution in [0.2, 0.25) is 0 Å². The maximum Gasteiger partial charge on any atom is 0.337 e. The number of nitrogens with two attached hydrogens (primary N) is 1. The molecule has 0 bridgehead atoms. The third kappa shape index (κ3) is 2.53. The molecule has 0 radical (unpaired) electrons. The molecule has 6 nitrogen and oxygen atoms in total. The van der Waals surface area contributed by atoms with Crippen molar-refractivity contribution in [1.29, 1.82) is 0 Å². The lowest BCUT2D eigenvalue weighted by Gasteiger charge is -2.06. The number of aromatic nitrogens is 3. The van der Waals surface area contributed by atoms with Crippen LogP contribution in [0.4, 0.5) is 10.1 Å². The molecular weight excluding hydrogens is 271 g/mol. The molecule has 0 aliphatic carbocycles. The van der Waals surface area contributed by atoms with E-state index in [1.807, 2.05) is 0 Å². The van der Waals surface area contributed by atoms with Gasteiger partial charge in [-0.2, -0.15) is 0 Å². The summed E-state index contributed by atoms with van der Waals surface area (Å²) in [7, 11) is 1.74. The number of carboxylic acid groups (broad SMARTS) is 1. The lowest BCUT2D eigenvalue weighted by molar-refractivity contribution is 0.0697. The number of nitrogen functional groups attached to an aromatic ring is 1. The largest absolute Gasteiger partial charge is 0.478 e. The van der Waals surface area contributed by atoms with Crippen LogP contribution in [-0.2, 0) is 7.05 Å². The predicted molar refractivity (Wildman–Crippen MR) is 67.6 cm³/mol. The van der Waals surface area contributed by atoms with E-state index in [9.17, 15) is 9.18 Å². The van der Waals surface area contributed by atoms with E-state index in [0.29, 0.717) is 11.0 Å². The van der Waals surface area contributed by atoms with Gasteiger partial charge in [0, 0.05) is 12.7 Å². The Labute approximate surface area is 112 Å². The van der Waals surface area contributed by atoms with Gasteiger partial charge >= 0.3 is 5.97 Å².